The number of nitrogens with zero attached hydrogens (tertiary/aromatic N) is 5. The van der Waals surface area contributed by atoms with E-state index < -0.39 is 11.4 Å². The summed E-state index contributed by atoms with van der Waals surface area (Å²) in [4.78, 5) is 23.0. The molecule has 3 aromatic rings. The van der Waals surface area contributed by atoms with Gasteiger partial charge in [0.25, 0.3) is 0 Å². The minimum absolute atomic E-state index is 0.157. The third-order valence-corrected chi connectivity index (χ3v) is 7.99. The molecule has 216 valence electrons. The van der Waals surface area contributed by atoms with Crippen molar-refractivity contribution >= 4 is 22.9 Å². The van der Waals surface area contributed by atoms with Crippen LogP contribution in [-0.2, 0) is 11.8 Å². The van der Waals surface area contributed by atoms with Crippen LogP contribution in [0.25, 0.3) is 22.2 Å². The lowest BCUT2D eigenvalue weighted by Crippen LogP contribution is -2.51. The third-order valence-electron chi connectivity index (χ3n) is 7.99. The molecule has 2 fully saturated rings. The first-order valence-electron chi connectivity index (χ1n) is 14.5. The number of amides is 1. The van der Waals surface area contributed by atoms with E-state index in [9.17, 15) is 9.18 Å². The average Bonchev–Trinajstić information content (AvgIpc) is 3.24. The Kier molecular flexibility index (Phi) is 7.99. The molecular formula is C30H42FN7O2. The summed E-state index contributed by atoms with van der Waals surface area (Å²) in [5.74, 6) is 0.812. The van der Waals surface area contributed by atoms with E-state index in [-0.39, 0.29) is 23.7 Å². The minimum Gasteiger partial charge on any atom is -0.444 e. The van der Waals surface area contributed by atoms with Crippen LogP contribution in [0.2, 0.25) is 0 Å². The van der Waals surface area contributed by atoms with Crippen molar-refractivity contribution < 1.29 is 13.9 Å². The van der Waals surface area contributed by atoms with E-state index in [1.54, 1.807) is 0 Å². The van der Waals surface area contributed by atoms with E-state index in [0.717, 1.165) is 61.9 Å². The monoisotopic (exact) mass is 551 g/mol. The minimum atomic E-state index is -0.472. The van der Waals surface area contributed by atoms with Crippen molar-refractivity contribution in [1.82, 2.24) is 30.0 Å². The lowest BCUT2D eigenvalue weighted by molar-refractivity contribution is 0.0164. The van der Waals surface area contributed by atoms with Crippen molar-refractivity contribution in [3.63, 3.8) is 0 Å². The van der Waals surface area contributed by atoms with E-state index >= 15 is 0 Å². The summed E-state index contributed by atoms with van der Waals surface area (Å²) in [6.45, 7) is 12.2. The molecule has 0 radical (unpaired) electrons. The van der Waals surface area contributed by atoms with Crippen LogP contribution in [0, 0.1) is 11.7 Å². The number of halogens is 1. The van der Waals surface area contributed by atoms with Gasteiger partial charge in [-0.3, -0.25) is 4.68 Å². The number of likely N-dealkylation sites (tertiary alicyclic amines) is 1. The number of fused-ring (bicyclic) bond motifs is 1. The second kappa shape index (κ2) is 11.3. The van der Waals surface area contributed by atoms with Crippen LogP contribution in [0.15, 0.2) is 24.4 Å². The van der Waals surface area contributed by atoms with E-state index in [1.165, 1.54) is 6.20 Å². The third kappa shape index (κ3) is 6.22. The van der Waals surface area contributed by atoms with E-state index in [1.807, 2.05) is 55.6 Å². The Morgan fingerprint density at radius 2 is 1.93 bits per heavy atom. The second-order valence-corrected chi connectivity index (χ2v) is 12.5. The number of ether oxygens (including phenoxy) is 1. The molecule has 9 nitrogen and oxygen atoms in total. The van der Waals surface area contributed by atoms with Crippen molar-refractivity contribution in [2.24, 2.45) is 13.0 Å². The van der Waals surface area contributed by atoms with Crippen molar-refractivity contribution in [1.29, 1.82) is 0 Å². The number of aryl methyl sites for hydroxylation is 1. The predicted molar refractivity (Wildman–Crippen MR) is 155 cm³/mol. The molecule has 0 spiro atoms. The largest absolute Gasteiger partial charge is 0.444 e. The van der Waals surface area contributed by atoms with Crippen LogP contribution in [0.1, 0.15) is 71.9 Å². The normalized spacial score (nSPS) is 20.8. The molecule has 2 N–H and O–H groups in total. The maximum Gasteiger partial charge on any atom is 0.410 e. The highest BCUT2D eigenvalue weighted by atomic mass is 19.1. The number of carbonyl (C=O) groups excluding carboxylic acids is 1. The summed E-state index contributed by atoms with van der Waals surface area (Å²) in [5.41, 5.74) is 2.53. The first-order valence-corrected chi connectivity index (χ1v) is 14.5. The highest BCUT2D eigenvalue weighted by Gasteiger charge is 2.33. The van der Waals surface area contributed by atoms with Crippen LogP contribution in [0.4, 0.5) is 15.1 Å². The number of rotatable bonds is 5. The molecule has 2 unspecified atom stereocenters. The molecule has 0 saturated carbocycles. The zero-order valence-electron chi connectivity index (χ0n) is 24.5. The van der Waals surface area contributed by atoms with Gasteiger partial charge in [0.1, 0.15) is 11.3 Å². The van der Waals surface area contributed by atoms with Crippen molar-refractivity contribution in [2.45, 2.75) is 83.9 Å². The topological polar surface area (TPSA) is 97.2 Å². The number of aromatic nitrogens is 4. The Morgan fingerprint density at radius 1 is 1.18 bits per heavy atom. The predicted octanol–water partition coefficient (Wildman–Crippen LogP) is 5.47. The molecule has 0 bridgehead atoms. The first kappa shape index (κ1) is 28.3. The molecule has 4 heterocycles. The fourth-order valence-electron chi connectivity index (χ4n) is 6.09. The zero-order valence-corrected chi connectivity index (χ0v) is 24.5. The van der Waals surface area contributed by atoms with Gasteiger partial charge in [-0.25, -0.2) is 19.2 Å². The summed E-state index contributed by atoms with van der Waals surface area (Å²) in [6.07, 6.45) is 4.97. The number of nitrogens with one attached hydrogen (secondary N) is 2. The summed E-state index contributed by atoms with van der Waals surface area (Å²) in [7, 11) is 1.94. The average molecular weight is 552 g/mol. The smallest absolute Gasteiger partial charge is 0.410 e. The number of anilines is 1. The summed E-state index contributed by atoms with van der Waals surface area (Å²) in [5, 5.41) is 12.7. The van der Waals surface area contributed by atoms with Gasteiger partial charge in [-0.15, -0.1) is 0 Å². The Hall–Kier alpha value is -3.27. The Balaban J connectivity index is 1.19. The van der Waals surface area contributed by atoms with Crippen molar-refractivity contribution in [3.05, 3.63) is 35.9 Å². The standard InChI is InChI=1S/C30H42FN7O2/c1-18(2)27-22-15-20(7-9-25(22)36-37(27)6)26-23(31)17-33-28(35-26)34-21-8-10-24(32-16-21)19-11-13-38(14-12-19)29(39)40-30(3,4)5/h7,9,15,17-19,21,24,32H,8,10-14,16H2,1-6H3,(H,33,34,35). The van der Waals surface area contributed by atoms with Crippen LogP contribution >= 0.6 is 0 Å². The highest BCUT2D eigenvalue weighted by molar-refractivity contribution is 5.86. The van der Waals surface area contributed by atoms with E-state index in [2.05, 4.69) is 39.5 Å². The number of hydrogen-bond donors (Lipinski definition) is 2. The first-order chi connectivity index (χ1) is 19.0. The Morgan fingerprint density at radius 3 is 2.58 bits per heavy atom. The van der Waals surface area contributed by atoms with E-state index in [4.69, 9.17) is 4.74 Å². The molecule has 0 aliphatic carbocycles. The van der Waals surface area contributed by atoms with Crippen LogP contribution in [-0.4, -0.2) is 68.1 Å². The van der Waals surface area contributed by atoms with Gasteiger partial charge in [0, 0.05) is 55.4 Å². The quantitative estimate of drug-likeness (QED) is 0.434. The van der Waals surface area contributed by atoms with Gasteiger partial charge in [-0.2, -0.15) is 5.10 Å². The maximum atomic E-state index is 14.9. The summed E-state index contributed by atoms with van der Waals surface area (Å²) >= 11 is 0. The van der Waals surface area contributed by atoms with Gasteiger partial charge in [0.05, 0.1) is 11.7 Å². The molecule has 1 amide bonds. The lowest BCUT2D eigenvalue weighted by Gasteiger charge is -2.40. The molecule has 2 aliphatic heterocycles. The van der Waals surface area contributed by atoms with Gasteiger partial charge < -0.3 is 20.3 Å². The highest BCUT2D eigenvalue weighted by Crippen LogP contribution is 2.31. The number of hydrogen-bond acceptors (Lipinski definition) is 7. The van der Waals surface area contributed by atoms with Crippen LogP contribution in [0.5, 0.6) is 0 Å². The maximum absolute atomic E-state index is 14.9. The molecule has 2 saturated heterocycles. The zero-order chi connectivity index (χ0) is 28.6. The molecule has 10 heteroatoms. The van der Waals surface area contributed by atoms with Crippen molar-refractivity contribution in [2.75, 3.05) is 25.0 Å². The molecule has 2 atom stereocenters. The number of benzene rings is 1. The van der Waals surface area contributed by atoms with E-state index in [0.29, 0.717) is 23.5 Å². The Labute approximate surface area is 235 Å². The van der Waals surface area contributed by atoms with Crippen LogP contribution < -0.4 is 10.6 Å². The Bertz CT molecular complexity index is 1350. The number of carbonyl (C=O) groups is 1. The summed E-state index contributed by atoms with van der Waals surface area (Å²) < 4.78 is 22.3. The fourth-order valence-corrected chi connectivity index (χ4v) is 6.09. The molecule has 5 rings (SSSR count). The summed E-state index contributed by atoms with van der Waals surface area (Å²) in [6, 6.07) is 6.35. The molecular weight excluding hydrogens is 509 g/mol. The molecule has 40 heavy (non-hydrogen) atoms. The van der Waals surface area contributed by atoms with Crippen LogP contribution in [0.3, 0.4) is 0 Å². The SMILES string of the molecule is CC(C)c1c2cc(-c3nc(NC4CCC(C5CCN(C(=O)OC(C)(C)C)CC5)NC4)ncc3F)ccc2nn1C. The lowest BCUT2D eigenvalue weighted by atomic mass is 9.84. The molecule has 2 aromatic heterocycles. The number of piperidine rings is 2. The van der Waals surface area contributed by atoms with Gasteiger partial charge in [0.15, 0.2) is 5.82 Å². The van der Waals surface area contributed by atoms with Gasteiger partial charge >= 0.3 is 6.09 Å². The van der Waals surface area contributed by atoms with Gasteiger partial charge in [-0.1, -0.05) is 19.9 Å². The second-order valence-electron chi connectivity index (χ2n) is 12.5. The molecule has 1 aromatic carbocycles. The van der Waals surface area contributed by atoms with Crippen molar-refractivity contribution in [3.8, 4) is 11.3 Å². The van der Waals surface area contributed by atoms with Gasteiger partial charge in [0.2, 0.25) is 5.95 Å². The molecule has 2 aliphatic rings. The fraction of sp³-hybridized carbons (Fsp3) is 0.600. The van der Waals surface area contributed by atoms with Gasteiger partial charge in [-0.05, 0) is 70.4 Å².